The maximum Gasteiger partial charge on any atom is 0.339 e. The molecule has 8 heteroatoms. The summed E-state index contributed by atoms with van der Waals surface area (Å²) < 4.78 is 4.72. The molecule has 110 valence electrons. The van der Waals surface area contributed by atoms with Crippen molar-refractivity contribution in [2.24, 2.45) is 0 Å². The number of carboxylic acids is 1. The van der Waals surface area contributed by atoms with Crippen LogP contribution in [-0.2, 0) is 19.2 Å². The van der Waals surface area contributed by atoms with Gasteiger partial charge >= 0.3 is 18.0 Å². The minimum absolute atomic E-state index is 0.614. The number of nitrogens with one attached hydrogen (secondary N) is 2. The number of amides is 2. The maximum atomic E-state index is 11.4. The predicted octanol–water partition coefficient (Wildman–Crippen LogP) is 0.421. The lowest BCUT2D eigenvalue weighted by molar-refractivity contribution is -0.152. The minimum atomic E-state index is -1.37. The molecule has 0 rings (SSSR count). The summed E-state index contributed by atoms with van der Waals surface area (Å²) in [4.78, 5) is 38.2. The van der Waals surface area contributed by atoms with E-state index >= 15 is 0 Å². The number of ether oxygens (including phenoxy) is 1. The van der Waals surface area contributed by atoms with Crippen LogP contribution in [0.1, 0.15) is 34.6 Å². The van der Waals surface area contributed by atoms with E-state index in [2.05, 4.69) is 10.8 Å². The van der Waals surface area contributed by atoms with E-state index in [1.54, 1.807) is 20.8 Å². The van der Waals surface area contributed by atoms with Gasteiger partial charge in [0.25, 0.3) is 0 Å². The monoisotopic (exact) mass is 276 g/mol. The van der Waals surface area contributed by atoms with Crippen molar-refractivity contribution in [1.29, 1.82) is 0 Å². The number of carbonyl (C=O) groups excluding carboxylic acids is 2. The van der Waals surface area contributed by atoms with Gasteiger partial charge in [-0.15, -0.1) is 0 Å². The molecule has 0 aromatic carbocycles. The fourth-order valence-corrected chi connectivity index (χ4v) is 1.08. The normalized spacial score (nSPS) is 14.2. The molecule has 8 nitrogen and oxygen atoms in total. The molecule has 0 radical (unpaired) electrons. The van der Waals surface area contributed by atoms with Crippen LogP contribution in [0.4, 0.5) is 4.79 Å². The summed E-state index contributed by atoms with van der Waals surface area (Å²) >= 11 is 0. The Morgan fingerprint density at radius 1 is 1.21 bits per heavy atom. The van der Waals surface area contributed by atoms with E-state index in [9.17, 15) is 14.4 Å². The number of urea groups is 1. The van der Waals surface area contributed by atoms with E-state index in [0.717, 1.165) is 6.92 Å². The van der Waals surface area contributed by atoms with Gasteiger partial charge in [0.15, 0.2) is 6.04 Å². The largest absolute Gasteiger partial charge is 0.480 e. The predicted molar refractivity (Wildman–Crippen MR) is 65.2 cm³/mol. The smallest absolute Gasteiger partial charge is 0.339 e. The molecule has 0 heterocycles. The highest BCUT2D eigenvalue weighted by Gasteiger charge is 2.29. The fourth-order valence-electron chi connectivity index (χ4n) is 1.08. The van der Waals surface area contributed by atoms with Crippen molar-refractivity contribution in [3.8, 4) is 0 Å². The molecule has 3 N–H and O–H groups in total. The number of carboxylic acid groups (broad SMARTS) is 1. The standard InChI is InChI=1S/C11H20N2O6/c1-6(18-7(2)14)8(9(15)16)12-10(17)13-19-11(3,4)5/h6,8H,1-5H3,(H,15,16)(H2,12,13,17). The average Bonchev–Trinajstić information content (AvgIpc) is 2.20. The van der Waals surface area contributed by atoms with Crippen molar-refractivity contribution >= 4 is 18.0 Å². The van der Waals surface area contributed by atoms with Crippen LogP contribution in [0.15, 0.2) is 0 Å². The number of hydrogen-bond donors (Lipinski definition) is 3. The highest BCUT2D eigenvalue weighted by atomic mass is 16.7. The highest BCUT2D eigenvalue weighted by Crippen LogP contribution is 2.04. The van der Waals surface area contributed by atoms with Crippen molar-refractivity contribution in [3.63, 3.8) is 0 Å². The van der Waals surface area contributed by atoms with Gasteiger partial charge in [0, 0.05) is 6.92 Å². The van der Waals surface area contributed by atoms with E-state index in [1.807, 2.05) is 0 Å². The van der Waals surface area contributed by atoms with Gasteiger partial charge in [0.05, 0.1) is 5.60 Å². The Kier molecular flexibility index (Phi) is 6.26. The van der Waals surface area contributed by atoms with Crippen molar-refractivity contribution in [1.82, 2.24) is 10.8 Å². The Hall–Kier alpha value is -1.83. The van der Waals surface area contributed by atoms with Crippen LogP contribution in [0.5, 0.6) is 0 Å². The van der Waals surface area contributed by atoms with E-state index in [-0.39, 0.29) is 0 Å². The summed E-state index contributed by atoms with van der Waals surface area (Å²) in [7, 11) is 0. The van der Waals surface area contributed by atoms with Gasteiger partial charge in [-0.1, -0.05) is 0 Å². The van der Waals surface area contributed by atoms with Crippen LogP contribution in [0.3, 0.4) is 0 Å². The number of esters is 1. The third-order valence-electron chi connectivity index (χ3n) is 1.82. The molecule has 0 aliphatic carbocycles. The zero-order valence-corrected chi connectivity index (χ0v) is 11.6. The Morgan fingerprint density at radius 2 is 1.74 bits per heavy atom. The zero-order valence-electron chi connectivity index (χ0n) is 11.6. The highest BCUT2D eigenvalue weighted by molar-refractivity contribution is 5.82. The van der Waals surface area contributed by atoms with Crippen LogP contribution in [-0.4, -0.2) is 40.8 Å². The summed E-state index contributed by atoms with van der Waals surface area (Å²) in [5, 5.41) is 11.1. The number of rotatable bonds is 5. The van der Waals surface area contributed by atoms with E-state index in [0.29, 0.717) is 0 Å². The molecule has 0 saturated carbocycles. The SMILES string of the molecule is CC(=O)OC(C)C(NC(=O)NOC(C)(C)C)C(=O)O. The summed E-state index contributed by atoms with van der Waals surface area (Å²) in [6, 6.07) is -2.20. The van der Waals surface area contributed by atoms with Gasteiger partial charge in [0.2, 0.25) is 0 Å². The second-order valence-corrected chi connectivity index (χ2v) is 4.92. The molecule has 0 spiro atoms. The molecular formula is C11H20N2O6. The first-order chi connectivity index (χ1) is 8.53. The molecule has 0 aliphatic rings. The van der Waals surface area contributed by atoms with Crippen molar-refractivity contribution in [2.45, 2.75) is 52.4 Å². The zero-order chi connectivity index (χ0) is 15.2. The summed E-state index contributed by atoms with van der Waals surface area (Å²) in [5.74, 6) is -1.95. The first kappa shape index (κ1) is 17.2. The molecule has 2 unspecified atom stereocenters. The third-order valence-corrected chi connectivity index (χ3v) is 1.82. The molecule has 2 amide bonds. The summed E-state index contributed by atoms with van der Waals surface area (Å²) in [5.41, 5.74) is 1.45. The average molecular weight is 276 g/mol. The van der Waals surface area contributed by atoms with E-state index in [1.165, 1.54) is 6.92 Å². The van der Waals surface area contributed by atoms with Crippen LogP contribution in [0, 0.1) is 0 Å². The van der Waals surface area contributed by atoms with Crippen molar-refractivity contribution in [2.75, 3.05) is 0 Å². The topological polar surface area (TPSA) is 114 Å². The maximum absolute atomic E-state index is 11.4. The molecule has 0 bridgehead atoms. The van der Waals surface area contributed by atoms with Crippen LogP contribution in [0.25, 0.3) is 0 Å². The van der Waals surface area contributed by atoms with Gasteiger partial charge in [-0.05, 0) is 27.7 Å². The Bertz CT molecular complexity index is 350. The first-order valence-corrected chi connectivity index (χ1v) is 5.67. The van der Waals surface area contributed by atoms with Crippen LogP contribution >= 0.6 is 0 Å². The molecule has 2 atom stereocenters. The lowest BCUT2D eigenvalue weighted by Crippen LogP contribution is -2.53. The summed E-state index contributed by atoms with van der Waals surface area (Å²) in [6.45, 7) is 7.65. The molecule has 0 aromatic rings. The van der Waals surface area contributed by atoms with E-state index in [4.69, 9.17) is 14.7 Å². The number of hydrogen-bond acceptors (Lipinski definition) is 5. The lowest BCUT2D eigenvalue weighted by Gasteiger charge is -2.23. The molecule has 0 fully saturated rings. The van der Waals surface area contributed by atoms with Crippen LogP contribution < -0.4 is 10.8 Å². The Balaban J connectivity index is 4.46. The quantitative estimate of drug-likeness (QED) is 0.495. The fraction of sp³-hybridized carbons (Fsp3) is 0.727. The number of hydroxylamine groups is 1. The van der Waals surface area contributed by atoms with E-state index < -0.39 is 35.7 Å². The Morgan fingerprint density at radius 3 is 2.11 bits per heavy atom. The molecule has 0 aromatic heterocycles. The van der Waals surface area contributed by atoms with Crippen LogP contribution in [0.2, 0.25) is 0 Å². The molecule has 0 aliphatic heterocycles. The van der Waals surface area contributed by atoms with Crippen molar-refractivity contribution < 1.29 is 29.1 Å². The second kappa shape index (κ2) is 6.93. The van der Waals surface area contributed by atoms with Gasteiger partial charge in [-0.3, -0.25) is 9.63 Å². The Labute approximate surface area is 111 Å². The second-order valence-electron chi connectivity index (χ2n) is 4.92. The minimum Gasteiger partial charge on any atom is -0.480 e. The molecule has 19 heavy (non-hydrogen) atoms. The lowest BCUT2D eigenvalue weighted by atomic mass is 10.2. The number of aliphatic carboxylic acids is 1. The van der Waals surface area contributed by atoms with Gasteiger partial charge < -0.3 is 15.2 Å². The van der Waals surface area contributed by atoms with Gasteiger partial charge in [-0.2, -0.15) is 0 Å². The number of carbonyl (C=O) groups is 3. The first-order valence-electron chi connectivity index (χ1n) is 5.67. The van der Waals surface area contributed by atoms with Crippen molar-refractivity contribution in [3.05, 3.63) is 0 Å². The van der Waals surface area contributed by atoms with Gasteiger partial charge in [-0.25, -0.2) is 15.1 Å². The molecular weight excluding hydrogens is 256 g/mol. The molecule has 0 saturated heterocycles. The van der Waals surface area contributed by atoms with Gasteiger partial charge in [0.1, 0.15) is 6.10 Å². The summed E-state index contributed by atoms with van der Waals surface area (Å²) in [6.07, 6.45) is -1.00. The third kappa shape index (κ3) is 7.98.